The molecule has 1 N–H and O–H groups in total. The monoisotopic (exact) mass is 287 g/mol. The molecule has 5 heteroatoms. The molecule has 1 rings (SSSR count). The lowest BCUT2D eigenvalue weighted by Crippen LogP contribution is -2.25. The maximum Gasteiger partial charge on any atom is 0.137 e. The first kappa shape index (κ1) is 13.4. The number of aliphatic hydroxyl groups is 1. The smallest absolute Gasteiger partial charge is 0.137 e. The van der Waals surface area contributed by atoms with E-state index in [1.54, 1.807) is 0 Å². The maximum atomic E-state index is 8.90. The van der Waals surface area contributed by atoms with Crippen molar-refractivity contribution in [1.29, 1.82) is 0 Å². The van der Waals surface area contributed by atoms with Crippen LogP contribution in [0.5, 0.6) is 0 Å². The number of rotatable bonds is 3. The molecular formula is C11H18BrN3O. The number of aliphatic hydroxyl groups excluding tert-OH is 1. The highest BCUT2D eigenvalue weighted by molar-refractivity contribution is 9.10. The highest BCUT2D eigenvalue weighted by atomic mass is 79.9. The first-order valence-corrected chi connectivity index (χ1v) is 6.01. The second-order valence-corrected chi connectivity index (χ2v) is 5.58. The van der Waals surface area contributed by atoms with Crippen LogP contribution in [0.1, 0.15) is 26.6 Å². The van der Waals surface area contributed by atoms with E-state index in [4.69, 9.17) is 5.11 Å². The van der Waals surface area contributed by atoms with Crippen LogP contribution in [0.15, 0.2) is 10.7 Å². The summed E-state index contributed by atoms with van der Waals surface area (Å²) in [5.41, 5.74) is -0.0847. The molecule has 16 heavy (non-hydrogen) atoms. The van der Waals surface area contributed by atoms with E-state index in [1.165, 1.54) is 0 Å². The van der Waals surface area contributed by atoms with Gasteiger partial charge in [0.1, 0.15) is 16.2 Å². The summed E-state index contributed by atoms with van der Waals surface area (Å²) in [6, 6.07) is 1.85. The Balaban J connectivity index is 3.08. The molecule has 1 aromatic heterocycles. The third-order valence-electron chi connectivity index (χ3n) is 2.18. The van der Waals surface area contributed by atoms with Gasteiger partial charge in [-0.3, -0.25) is 0 Å². The van der Waals surface area contributed by atoms with Crippen molar-refractivity contribution in [3.63, 3.8) is 0 Å². The molecule has 0 aliphatic heterocycles. The Morgan fingerprint density at radius 3 is 2.50 bits per heavy atom. The Morgan fingerprint density at radius 2 is 2.00 bits per heavy atom. The van der Waals surface area contributed by atoms with Gasteiger partial charge in [0, 0.05) is 25.1 Å². The Hall–Kier alpha value is -0.680. The molecule has 1 heterocycles. The van der Waals surface area contributed by atoms with Crippen molar-refractivity contribution in [3.05, 3.63) is 16.5 Å². The first-order chi connectivity index (χ1) is 7.34. The SMILES string of the molecule is CN(CCO)c1cc(Br)nc(C(C)(C)C)n1. The summed E-state index contributed by atoms with van der Waals surface area (Å²) in [6.45, 7) is 6.90. The second-order valence-electron chi connectivity index (χ2n) is 4.77. The van der Waals surface area contributed by atoms with E-state index in [9.17, 15) is 0 Å². The van der Waals surface area contributed by atoms with Crippen LogP contribution < -0.4 is 4.90 Å². The van der Waals surface area contributed by atoms with Gasteiger partial charge in [0.05, 0.1) is 6.61 Å². The molecule has 0 aliphatic rings. The van der Waals surface area contributed by atoms with Crippen molar-refractivity contribution in [2.45, 2.75) is 26.2 Å². The molecule has 0 atom stereocenters. The predicted octanol–water partition coefficient (Wildman–Crippen LogP) is 1.97. The third kappa shape index (κ3) is 3.42. The molecule has 0 fully saturated rings. The van der Waals surface area contributed by atoms with Gasteiger partial charge < -0.3 is 10.0 Å². The Bertz CT molecular complexity index is 363. The van der Waals surface area contributed by atoms with Crippen molar-refractivity contribution in [2.24, 2.45) is 0 Å². The molecule has 0 aliphatic carbocycles. The van der Waals surface area contributed by atoms with Crippen LogP contribution in [0.25, 0.3) is 0 Å². The molecule has 0 amide bonds. The molecule has 0 spiro atoms. The molecule has 1 aromatic rings. The molecule has 0 saturated carbocycles. The number of likely N-dealkylation sites (N-methyl/N-ethyl adjacent to an activating group) is 1. The minimum Gasteiger partial charge on any atom is -0.395 e. The number of anilines is 1. The number of aromatic nitrogens is 2. The van der Waals surface area contributed by atoms with Gasteiger partial charge >= 0.3 is 0 Å². The summed E-state index contributed by atoms with van der Waals surface area (Å²) in [4.78, 5) is 10.8. The number of hydrogen-bond acceptors (Lipinski definition) is 4. The fraction of sp³-hybridized carbons (Fsp3) is 0.636. The van der Waals surface area contributed by atoms with Gasteiger partial charge in [-0.25, -0.2) is 9.97 Å². The van der Waals surface area contributed by atoms with Crippen LogP contribution in [0.3, 0.4) is 0 Å². The Kier molecular flexibility index (Phi) is 4.27. The maximum absolute atomic E-state index is 8.90. The molecule has 0 radical (unpaired) electrons. The van der Waals surface area contributed by atoms with Gasteiger partial charge in [-0.1, -0.05) is 20.8 Å². The normalized spacial score (nSPS) is 11.6. The molecule has 0 aromatic carbocycles. The van der Waals surface area contributed by atoms with E-state index >= 15 is 0 Å². The summed E-state index contributed by atoms with van der Waals surface area (Å²) >= 11 is 3.38. The zero-order chi connectivity index (χ0) is 12.3. The summed E-state index contributed by atoms with van der Waals surface area (Å²) in [5.74, 6) is 1.61. The lowest BCUT2D eigenvalue weighted by molar-refractivity contribution is 0.303. The lowest BCUT2D eigenvalue weighted by Gasteiger charge is -2.21. The third-order valence-corrected chi connectivity index (χ3v) is 2.58. The number of nitrogens with zero attached hydrogens (tertiary/aromatic N) is 3. The fourth-order valence-electron chi connectivity index (χ4n) is 1.20. The molecule has 90 valence electrons. The van der Waals surface area contributed by atoms with E-state index in [-0.39, 0.29) is 12.0 Å². The summed E-state index contributed by atoms with van der Waals surface area (Å²) in [6.07, 6.45) is 0. The van der Waals surface area contributed by atoms with Gasteiger partial charge in [-0.2, -0.15) is 0 Å². The van der Waals surface area contributed by atoms with Crippen LogP contribution in [-0.4, -0.2) is 35.3 Å². The van der Waals surface area contributed by atoms with E-state index in [0.717, 1.165) is 16.2 Å². The van der Waals surface area contributed by atoms with E-state index in [0.29, 0.717) is 6.54 Å². The summed E-state index contributed by atoms with van der Waals surface area (Å²) in [7, 11) is 1.90. The average Bonchev–Trinajstić information content (AvgIpc) is 2.16. The van der Waals surface area contributed by atoms with Crippen molar-refractivity contribution < 1.29 is 5.11 Å². The molecular weight excluding hydrogens is 270 g/mol. The van der Waals surface area contributed by atoms with Crippen LogP contribution in [0.4, 0.5) is 5.82 Å². The van der Waals surface area contributed by atoms with Crippen LogP contribution in [0, 0.1) is 0 Å². The van der Waals surface area contributed by atoms with Crippen LogP contribution >= 0.6 is 15.9 Å². The van der Waals surface area contributed by atoms with E-state index in [1.807, 2.05) is 18.0 Å². The van der Waals surface area contributed by atoms with Crippen molar-refractivity contribution >= 4 is 21.7 Å². The topological polar surface area (TPSA) is 49.2 Å². The first-order valence-electron chi connectivity index (χ1n) is 5.21. The standard InChI is InChI=1S/C11H18BrN3O/c1-11(2,3)10-13-8(12)7-9(14-10)15(4)5-6-16/h7,16H,5-6H2,1-4H3. The van der Waals surface area contributed by atoms with Crippen molar-refractivity contribution in [1.82, 2.24) is 9.97 Å². The number of halogens is 1. The van der Waals surface area contributed by atoms with E-state index in [2.05, 4.69) is 46.7 Å². The summed E-state index contributed by atoms with van der Waals surface area (Å²) < 4.78 is 0.771. The second kappa shape index (κ2) is 5.10. The van der Waals surface area contributed by atoms with Gasteiger partial charge in [0.25, 0.3) is 0 Å². The highest BCUT2D eigenvalue weighted by Gasteiger charge is 2.19. The summed E-state index contributed by atoms with van der Waals surface area (Å²) in [5, 5.41) is 8.90. The van der Waals surface area contributed by atoms with Crippen LogP contribution in [0.2, 0.25) is 0 Å². The molecule has 0 saturated heterocycles. The predicted molar refractivity (Wildman–Crippen MR) is 68.8 cm³/mol. The quantitative estimate of drug-likeness (QED) is 0.864. The highest BCUT2D eigenvalue weighted by Crippen LogP contribution is 2.23. The van der Waals surface area contributed by atoms with Gasteiger partial charge in [0.15, 0.2) is 0 Å². The fourth-order valence-corrected chi connectivity index (χ4v) is 1.57. The lowest BCUT2D eigenvalue weighted by atomic mass is 9.96. The average molecular weight is 288 g/mol. The largest absolute Gasteiger partial charge is 0.395 e. The van der Waals surface area contributed by atoms with Gasteiger partial charge in [0.2, 0.25) is 0 Å². The zero-order valence-electron chi connectivity index (χ0n) is 10.2. The molecule has 0 unspecified atom stereocenters. The van der Waals surface area contributed by atoms with Gasteiger partial charge in [-0.05, 0) is 15.9 Å². The number of hydrogen-bond donors (Lipinski definition) is 1. The zero-order valence-corrected chi connectivity index (χ0v) is 11.7. The van der Waals surface area contributed by atoms with Crippen LogP contribution in [-0.2, 0) is 5.41 Å². The molecule has 0 bridgehead atoms. The van der Waals surface area contributed by atoms with E-state index < -0.39 is 0 Å². The van der Waals surface area contributed by atoms with Gasteiger partial charge in [-0.15, -0.1) is 0 Å². The van der Waals surface area contributed by atoms with Crippen molar-refractivity contribution in [3.8, 4) is 0 Å². The minimum absolute atomic E-state index is 0.0847. The minimum atomic E-state index is -0.0847. The Morgan fingerprint density at radius 1 is 1.38 bits per heavy atom. The Labute approximate surface area is 105 Å². The molecule has 4 nitrogen and oxygen atoms in total. The van der Waals surface area contributed by atoms with Crippen molar-refractivity contribution in [2.75, 3.05) is 25.1 Å².